The second kappa shape index (κ2) is 7.56. The maximum atomic E-state index is 12.2. The van der Waals surface area contributed by atoms with Crippen molar-refractivity contribution in [3.05, 3.63) is 0 Å². The highest BCUT2D eigenvalue weighted by Gasteiger charge is 2.25. The van der Waals surface area contributed by atoms with Crippen LogP contribution < -0.4 is 4.72 Å². The van der Waals surface area contributed by atoms with Gasteiger partial charge in [-0.2, -0.15) is 0 Å². The van der Waals surface area contributed by atoms with Crippen molar-refractivity contribution in [3.8, 4) is 0 Å². The summed E-state index contributed by atoms with van der Waals surface area (Å²) >= 11 is 0. The molecule has 122 valence electrons. The molecule has 2 atom stereocenters. The normalized spacial score (nSPS) is 27.0. The molecule has 0 aromatic heterocycles. The fourth-order valence-corrected chi connectivity index (χ4v) is 3.58. The average Bonchev–Trinajstić information content (AvgIpc) is 2.95. The van der Waals surface area contributed by atoms with Gasteiger partial charge in [0.2, 0.25) is 15.9 Å². The van der Waals surface area contributed by atoms with Gasteiger partial charge in [-0.25, -0.2) is 13.1 Å². The van der Waals surface area contributed by atoms with E-state index in [9.17, 15) is 13.2 Å². The molecular weight excluding hydrogens is 292 g/mol. The molecule has 0 spiro atoms. The number of piperidine rings is 1. The van der Waals surface area contributed by atoms with E-state index in [0.29, 0.717) is 19.5 Å². The first kappa shape index (κ1) is 16.7. The van der Waals surface area contributed by atoms with Gasteiger partial charge in [0, 0.05) is 32.7 Å². The highest BCUT2D eigenvalue weighted by molar-refractivity contribution is 7.88. The number of rotatable bonds is 6. The van der Waals surface area contributed by atoms with Crippen LogP contribution in [0.1, 0.15) is 38.5 Å². The van der Waals surface area contributed by atoms with E-state index >= 15 is 0 Å². The number of nitrogens with one attached hydrogen (secondary N) is 1. The average molecular weight is 318 g/mol. The number of hydrogen-bond acceptors (Lipinski definition) is 4. The number of carbonyl (C=O) groups is 1. The number of likely N-dealkylation sites (tertiary alicyclic amines) is 1. The van der Waals surface area contributed by atoms with Crippen molar-refractivity contribution in [1.82, 2.24) is 9.62 Å². The quantitative estimate of drug-likeness (QED) is 0.783. The zero-order valence-electron chi connectivity index (χ0n) is 12.7. The lowest BCUT2D eigenvalue weighted by molar-refractivity contribution is -0.133. The zero-order chi connectivity index (χ0) is 15.3. The van der Waals surface area contributed by atoms with Crippen LogP contribution in [0.5, 0.6) is 0 Å². The summed E-state index contributed by atoms with van der Waals surface area (Å²) in [5, 5.41) is 0. The van der Waals surface area contributed by atoms with E-state index in [1.54, 1.807) is 0 Å². The minimum absolute atomic E-state index is 0.176. The molecule has 2 aliphatic rings. The number of hydrogen-bond donors (Lipinski definition) is 1. The second-order valence-electron chi connectivity index (χ2n) is 6.14. The van der Waals surface area contributed by atoms with E-state index in [1.807, 2.05) is 4.90 Å². The first-order chi connectivity index (χ1) is 9.94. The molecule has 0 aromatic carbocycles. The number of ether oxygens (including phenoxy) is 1. The summed E-state index contributed by atoms with van der Waals surface area (Å²) in [6, 6.07) is 0. The van der Waals surface area contributed by atoms with Gasteiger partial charge in [-0.05, 0) is 38.0 Å². The maximum Gasteiger partial charge on any atom is 0.222 e. The SMILES string of the molecule is CS(=O)(=O)NC[C@H]1CCCN(C(=O)CC[C@H]2CCCO2)C1. The summed E-state index contributed by atoms with van der Waals surface area (Å²) in [5.41, 5.74) is 0. The van der Waals surface area contributed by atoms with Crippen molar-refractivity contribution in [3.63, 3.8) is 0 Å². The lowest BCUT2D eigenvalue weighted by Gasteiger charge is -2.33. The minimum atomic E-state index is -3.15. The van der Waals surface area contributed by atoms with Gasteiger partial charge in [-0.15, -0.1) is 0 Å². The molecule has 2 aliphatic heterocycles. The van der Waals surface area contributed by atoms with Crippen molar-refractivity contribution in [2.45, 2.75) is 44.6 Å². The van der Waals surface area contributed by atoms with E-state index in [-0.39, 0.29) is 17.9 Å². The van der Waals surface area contributed by atoms with Crippen molar-refractivity contribution < 1.29 is 17.9 Å². The Hall–Kier alpha value is -0.660. The van der Waals surface area contributed by atoms with Gasteiger partial charge in [0.15, 0.2) is 0 Å². The maximum absolute atomic E-state index is 12.2. The molecule has 6 nitrogen and oxygen atoms in total. The van der Waals surface area contributed by atoms with Gasteiger partial charge in [-0.1, -0.05) is 0 Å². The highest BCUT2D eigenvalue weighted by Crippen LogP contribution is 2.20. The monoisotopic (exact) mass is 318 g/mol. The van der Waals surface area contributed by atoms with Crippen molar-refractivity contribution >= 4 is 15.9 Å². The first-order valence-corrected chi connectivity index (χ1v) is 9.67. The van der Waals surface area contributed by atoms with Crippen LogP contribution in [0.15, 0.2) is 0 Å². The molecule has 0 bridgehead atoms. The van der Waals surface area contributed by atoms with Crippen LogP contribution in [0.25, 0.3) is 0 Å². The Morgan fingerprint density at radius 3 is 2.81 bits per heavy atom. The van der Waals surface area contributed by atoms with Gasteiger partial charge in [0.1, 0.15) is 0 Å². The Bertz CT molecular complexity index is 446. The van der Waals surface area contributed by atoms with Crippen LogP contribution in [0.3, 0.4) is 0 Å². The van der Waals surface area contributed by atoms with E-state index in [4.69, 9.17) is 4.74 Å². The van der Waals surface area contributed by atoms with Crippen LogP contribution in [0, 0.1) is 5.92 Å². The molecule has 0 unspecified atom stereocenters. The summed E-state index contributed by atoms with van der Waals surface area (Å²) in [6.07, 6.45) is 6.84. The summed E-state index contributed by atoms with van der Waals surface area (Å²) in [6.45, 7) is 2.70. The fourth-order valence-electron chi connectivity index (χ4n) is 3.04. The van der Waals surface area contributed by atoms with Crippen LogP contribution >= 0.6 is 0 Å². The Morgan fingerprint density at radius 1 is 1.33 bits per heavy atom. The molecule has 0 radical (unpaired) electrons. The number of carbonyl (C=O) groups excluding carboxylic acids is 1. The molecule has 2 saturated heterocycles. The standard InChI is InChI=1S/C14H26N2O4S/c1-21(18,19)15-10-12-4-2-8-16(11-12)14(17)7-6-13-5-3-9-20-13/h12-13,15H,2-11H2,1H3/t12-,13-/m1/s1. The number of amides is 1. The van der Waals surface area contributed by atoms with Crippen molar-refractivity contribution in [2.75, 3.05) is 32.5 Å². The number of sulfonamides is 1. The Kier molecular flexibility index (Phi) is 6.01. The molecule has 0 aromatic rings. The minimum Gasteiger partial charge on any atom is -0.378 e. The van der Waals surface area contributed by atoms with E-state index in [2.05, 4.69) is 4.72 Å². The van der Waals surface area contributed by atoms with Crippen molar-refractivity contribution in [2.24, 2.45) is 5.92 Å². The fraction of sp³-hybridized carbons (Fsp3) is 0.929. The van der Waals surface area contributed by atoms with E-state index in [0.717, 1.165) is 45.3 Å². The van der Waals surface area contributed by atoms with Gasteiger partial charge >= 0.3 is 0 Å². The molecular formula is C14H26N2O4S. The Morgan fingerprint density at radius 2 is 2.14 bits per heavy atom. The Labute approximate surface area is 127 Å². The zero-order valence-corrected chi connectivity index (χ0v) is 13.5. The summed E-state index contributed by atoms with van der Waals surface area (Å²) in [5.74, 6) is 0.398. The summed E-state index contributed by atoms with van der Waals surface area (Å²) in [4.78, 5) is 14.1. The van der Waals surface area contributed by atoms with E-state index in [1.165, 1.54) is 6.26 Å². The van der Waals surface area contributed by atoms with Gasteiger partial charge in [0.05, 0.1) is 12.4 Å². The molecule has 1 amide bonds. The summed E-state index contributed by atoms with van der Waals surface area (Å²) in [7, 11) is -3.15. The molecule has 2 fully saturated rings. The van der Waals surface area contributed by atoms with E-state index < -0.39 is 10.0 Å². The van der Waals surface area contributed by atoms with Crippen LogP contribution in [-0.4, -0.2) is 57.8 Å². The predicted molar refractivity (Wildman–Crippen MR) is 80.4 cm³/mol. The number of nitrogens with zero attached hydrogens (tertiary/aromatic N) is 1. The molecule has 2 heterocycles. The molecule has 7 heteroatoms. The highest BCUT2D eigenvalue weighted by atomic mass is 32.2. The second-order valence-corrected chi connectivity index (χ2v) is 7.98. The van der Waals surface area contributed by atoms with Crippen LogP contribution in [0.4, 0.5) is 0 Å². The smallest absolute Gasteiger partial charge is 0.222 e. The van der Waals surface area contributed by atoms with Gasteiger partial charge in [0.25, 0.3) is 0 Å². The lowest BCUT2D eigenvalue weighted by Crippen LogP contribution is -2.43. The molecule has 0 aliphatic carbocycles. The largest absolute Gasteiger partial charge is 0.378 e. The van der Waals surface area contributed by atoms with Crippen molar-refractivity contribution in [1.29, 1.82) is 0 Å². The third-order valence-corrected chi connectivity index (χ3v) is 4.90. The van der Waals surface area contributed by atoms with Gasteiger partial charge < -0.3 is 9.64 Å². The third-order valence-electron chi connectivity index (χ3n) is 4.21. The topological polar surface area (TPSA) is 75.7 Å². The first-order valence-electron chi connectivity index (χ1n) is 7.78. The predicted octanol–water partition coefficient (Wildman–Crippen LogP) is 0.733. The van der Waals surface area contributed by atoms with Gasteiger partial charge in [-0.3, -0.25) is 4.79 Å². The molecule has 0 saturated carbocycles. The third kappa shape index (κ3) is 5.92. The Balaban J connectivity index is 1.73. The van der Waals surface area contributed by atoms with Crippen LogP contribution in [0.2, 0.25) is 0 Å². The van der Waals surface area contributed by atoms with Crippen LogP contribution in [-0.2, 0) is 19.6 Å². The molecule has 21 heavy (non-hydrogen) atoms. The lowest BCUT2D eigenvalue weighted by atomic mass is 9.98. The summed E-state index contributed by atoms with van der Waals surface area (Å²) < 4.78 is 30.3. The molecule has 2 rings (SSSR count). The molecule has 1 N–H and O–H groups in total.